The van der Waals surface area contributed by atoms with Crippen LogP contribution >= 0.6 is 22.6 Å². The Hall–Kier alpha value is -1.84. The van der Waals surface area contributed by atoms with Crippen LogP contribution in [0, 0.1) is 20.8 Å². The van der Waals surface area contributed by atoms with E-state index in [4.69, 9.17) is 23.8 Å². The topological polar surface area (TPSA) is 133 Å². The molecule has 44 heavy (non-hydrogen) atoms. The summed E-state index contributed by atoms with van der Waals surface area (Å²) in [5, 5.41) is 14.8. The minimum absolute atomic E-state index is 0.0231. The van der Waals surface area contributed by atoms with Gasteiger partial charge in [-0.3, -0.25) is 19.2 Å². The number of ether oxygens (including phenoxy) is 4. The van der Waals surface area contributed by atoms with Crippen molar-refractivity contribution in [3.63, 3.8) is 0 Å². The van der Waals surface area contributed by atoms with Crippen molar-refractivity contribution in [2.75, 3.05) is 6.61 Å². The highest BCUT2D eigenvalue weighted by Crippen LogP contribution is 2.63. The Kier molecular flexibility index (Phi) is 7.80. The lowest BCUT2D eigenvalue weighted by Crippen LogP contribution is -2.70. The number of rotatable bonds is 10. The van der Waals surface area contributed by atoms with Gasteiger partial charge in [0.25, 0.3) is 0 Å². The van der Waals surface area contributed by atoms with Gasteiger partial charge in [-0.15, -0.1) is 0 Å². The monoisotopic (exact) mass is 724 g/mol. The summed E-state index contributed by atoms with van der Waals surface area (Å²) in [6.45, 7) is 5.26. The van der Waals surface area contributed by atoms with Gasteiger partial charge in [-0.2, -0.15) is 5.06 Å². The smallest absolute Gasteiger partial charge is 0.327 e. The number of carbonyl (C=O) groups is 3. The zero-order valence-corrected chi connectivity index (χ0v) is 27.5. The molecular formula is C32H41IN2O9. The fourth-order valence-electron chi connectivity index (χ4n) is 7.67. The standard InChI is InChI=1S/C32H41IN2O9/c1-30(2,3)41-23(37)13-12-20(16-36)34-29(39)31-14-22-24-25(43-32(42-24,18-8-9-18)19-10-11-19)27(31)44-35(26(31)28(38)40-22)15-17-6-4-5-7-21(17)33/h4-7,18-20,22,24-27,36H,8-16H2,1-3H3,(H,34,39)/t20-,22+,24-,25-,26-,27+,31-/m0/s1. The average molecular weight is 725 g/mol. The highest BCUT2D eigenvalue weighted by Gasteiger charge is 2.78. The highest BCUT2D eigenvalue weighted by molar-refractivity contribution is 14.1. The first kappa shape index (κ1) is 30.8. The van der Waals surface area contributed by atoms with Crippen LogP contribution in [0.3, 0.4) is 0 Å². The largest absolute Gasteiger partial charge is 0.460 e. The van der Waals surface area contributed by atoms with Crippen molar-refractivity contribution in [2.24, 2.45) is 17.3 Å². The Balaban J connectivity index is 1.20. The van der Waals surface area contributed by atoms with Crippen molar-refractivity contribution in [3.05, 3.63) is 33.4 Å². The molecule has 1 aromatic carbocycles. The third-order valence-corrected chi connectivity index (χ3v) is 10.9. The van der Waals surface area contributed by atoms with Crippen LogP contribution in [0.4, 0.5) is 0 Å². The van der Waals surface area contributed by atoms with E-state index in [0.717, 1.165) is 34.8 Å². The highest BCUT2D eigenvalue weighted by atomic mass is 127. The third kappa shape index (κ3) is 5.26. The number of nitrogens with zero attached hydrogens (tertiary/aromatic N) is 1. The SMILES string of the molecule is CC(C)(C)OC(=O)CC[C@@H](CO)NC(=O)[C@@]12C[C@H]3OC(=O)[C@@H]1N(Cc1ccccc1I)O[C@@H]2[C@H]1OC(C2CC2)(C2CC2)O[C@H]13. The van der Waals surface area contributed by atoms with Crippen molar-refractivity contribution in [1.29, 1.82) is 0 Å². The summed E-state index contributed by atoms with van der Waals surface area (Å²) in [5.74, 6) is -1.53. The molecule has 0 spiro atoms. The van der Waals surface area contributed by atoms with Crippen molar-refractivity contribution in [2.45, 2.75) is 120 Å². The molecule has 3 heterocycles. The van der Waals surface area contributed by atoms with E-state index in [9.17, 15) is 19.5 Å². The van der Waals surface area contributed by atoms with E-state index in [2.05, 4.69) is 27.9 Å². The Morgan fingerprint density at radius 2 is 1.82 bits per heavy atom. The van der Waals surface area contributed by atoms with Crippen LogP contribution in [-0.4, -0.2) is 82.5 Å². The number of fused-ring (bicyclic) bond motifs is 4. The Morgan fingerprint density at radius 1 is 1.14 bits per heavy atom. The Morgan fingerprint density at radius 3 is 2.45 bits per heavy atom. The lowest BCUT2D eigenvalue weighted by molar-refractivity contribution is -0.235. The van der Waals surface area contributed by atoms with E-state index in [-0.39, 0.29) is 44.2 Å². The molecule has 6 aliphatic rings. The maximum absolute atomic E-state index is 14.5. The summed E-state index contributed by atoms with van der Waals surface area (Å²) in [4.78, 5) is 47.5. The summed E-state index contributed by atoms with van der Waals surface area (Å²) < 4.78 is 26.2. The normalized spacial score (nSPS) is 34.7. The number of hydroxylamine groups is 2. The summed E-state index contributed by atoms with van der Waals surface area (Å²) in [7, 11) is 0. The molecule has 3 aliphatic heterocycles. The minimum Gasteiger partial charge on any atom is -0.460 e. The van der Waals surface area contributed by atoms with E-state index in [0.29, 0.717) is 0 Å². The van der Waals surface area contributed by atoms with Crippen LogP contribution in [0.15, 0.2) is 24.3 Å². The quantitative estimate of drug-likeness (QED) is 0.274. The predicted molar refractivity (Wildman–Crippen MR) is 162 cm³/mol. The molecule has 3 saturated heterocycles. The van der Waals surface area contributed by atoms with Gasteiger partial charge in [-0.05, 0) is 87.1 Å². The van der Waals surface area contributed by atoms with Crippen molar-refractivity contribution >= 4 is 40.4 Å². The van der Waals surface area contributed by atoms with Gasteiger partial charge in [0, 0.05) is 28.2 Å². The first-order chi connectivity index (χ1) is 20.9. The molecule has 1 aromatic rings. The molecule has 0 radical (unpaired) electrons. The number of benzene rings is 1. The second-order valence-electron chi connectivity index (χ2n) is 14.2. The Labute approximate surface area is 270 Å². The van der Waals surface area contributed by atoms with Gasteiger partial charge in [0.1, 0.15) is 35.4 Å². The van der Waals surface area contributed by atoms with Gasteiger partial charge >= 0.3 is 11.9 Å². The van der Waals surface area contributed by atoms with Gasteiger partial charge in [-0.25, -0.2) is 0 Å². The Bertz CT molecular complexity index is 1310. The van der Waals surface area contributed by atoms with Crippen LogP contribution in [0.25, 0.3) is 0 Å². The summed E-state index contributed by atoms with van der Waals surface area (Å²) in [6, 6.07) is 6.08. The molecule has 2 bridgehead atoms. The molecular weight excluding hydrogens is 683 g/mol. The molecule has 2 N–H and O–H groups in total. The van der Waals surface area contributed by atoms with Gasteiger partial charge in [0.2, 0.25) is 5.91 Å². The average Bonchev–Trinajstić information content (AvgIpc) is 3.90. The second-order valence-corrected chi connectivity index (χ2v) is 15.4. The van der Waals surface area contributed by atoms with Crippen LogP contribution in [0.2, 0.25) is 0 Å². The lowest BCUT2D eigenvalue weighted by Gasteiger charge is -2.49. The van der Waals surface area contributed by atoms with E-state index >= 15 is 0 Å². The molecule has 240 valence electrons. The molecule has 7 atom stereocenters. The molecule has 7 rings (SSSR count). The number of aliphatic hydroxyl groups excluding tert-OH is 1. The number of hydrogen-bond acceptors (Lipinski definition) is 10. The zero-order chi connectivity index (χ0) is 31.0. The molecule has 3 aliphatic carbocycles. The summed E-state index contributed by atoms with van der Waals surface area (Å²) in [6.07, 6.45) is 1.90. The molecule has 3 saturated carbocycles. The number of aliphatic hydroxyl groups is 1. The minimum atomic E-state index is -1.34. The number of halogens is 1. The molecule has 6 fully saturated rings. The number of nitrogens with one attached hydrogen (secondary N) is 1. The number of amides is 1. The van der Waals surface area contributed by atoms with Gasteiger partial charge in [0.15, 0.2) is 11.8 Å². The molecule has 0 aromatic heterocycles. The summed E-state index contributed by atoms with van der Waals surface area (Å²) >= 11 is 2.25. The van der Waals surface area contributed by atoms with Crippen molar-refractivity contribution in [3.8, 4) is 0 Å². The number of esters is 2. The van der Waals surface area contributed by atoms with Crippen LogP contribution in [-0.2, 0) is 44.7 Å². The maximum atomic E-state index is 14.5. The molecule has 11 nitrogen and oxygen atoms in total. The van der Waals surface area contributed by atoms with Crippen LogP contribution < -0.4 is 5.32 Å². The fourth-order valence-corrected chi connectivity index (χ4v) is 8.23. The first-order valence-corrected chi connectivity index (χ1v) is 16.9. The summed E-state index contributed by atoms with van der Waals surface area (Å²) in [5.41, 5.74) is -1.03. The fraction of sp³-hybridized carbons (Fsp3) is 0.719. The molecule has 12 heteroatoms. The molecule has 0 unspecified atom stereocenters. The van der Waals surface area contributed by atoms with E-state index in [1.165, 1.54) is 0 Å². The lowest BCUT2D eigenvalue weighted by atomic mass is 9.62. The maximum Gasteiger partial charge on any atom is 0.327 e. The van der Waals surface area contributed by atoms with Crippen molar-refractivity contribution in [1.82, 2.24) is 10.4 Å². The van der Waals surface area contributed by atoms with Crippen molar-refractivity contribution < 1.29 is 43.3 Å². The van der Waals surface area contributed by atoms with Gasteiger partial charge < -0.3 is 29.4 Å². The van der Waals surface area contributed by atoms with Gasteiger partial charge in [-0.1, -0.05) is 18.2 Å². The van der Waals surface area contributed by atoms with E-state index in [1.54, 1.807) is 25.8 Å². The van der Waals surface area contributed by atoms with Gasteiger partial charge in [0.05, 0.1) is 19.2 Å². The predicted octanol–water partition coefficient (Wildman–Crippen LogP) is 2.99. The first-order valence-electron chi connectivity index (χ1n) is 15.8. The van der Waals surface area contributed by atoms with Crippen LogP contribution in [0.1, 0.15) is 71.3 Å². The van der Waals surface area contributed by atoms with Crippen LogP contribution in [0.5, 0.6) is 0 Å². The van der Waals surface area contributed by atoms with E-state index in [1.807, 2.05) is 24.3 Å². The second kappa shape index (κ2) is 11.2. The number of carbonyl (C=O) groups excluding carboxylic acids is 3. The molecule has 1 amide bonds. The number of hydrogen-bond donors (Lipinski definition) is 2. The van der Waals surface area contributed by atoms with E-state index < -0.39 is 71.1 Å². The third-order valence-electron chi connectivity index (χ3n) is 9.86. The zero-order valence-electron chi connectivity index (χ0n) is 25.3.